The molecule has 2 aromatic carbocycles. The third kappa shape index (κ3) is 4.24. The van der Waals surface area contributed by atoms with E-state index in [-0.39, 0.29) is 11.7 Å². The fourth-order valence-electron chi connectivity index (χ4n) is 2.62. The predicted octanol–water partition coefficient (Wildman–Crippen LogP) is 1.17. The predicted molar refractivity (Wildman–Crippen MR) is 97.6 cm³/mol. The number of aromatic nitrogens is 3. The average molecular weight is 373 g/mol. The summed E-state index contributed by atoms with van der Waals surface area (Å²) in [7, 11) is -3.55. The van der Waals surface area contributed by atoms with Crippen LogP contribution in [0.5, 0.6) is 0 Å². The molecule has 1 aromatic heterocycles. The second kappa shape index (κ2) is 7.22. The van der Waals surface area contributed by atoms with Gasteiger partial charge in [-0.15, -0.1) is 5.10 Å². The van der Waals surface area contributed by atoms with E-state index >= 15 is 0 Å². The molecule has 26 heavy (non-hydrogen) atoms. The number of nitrogens with two attached hydrogens (primary N) is 1. The van der Waals surface area contributed by atoms with Crippen LogP contribution in [0.25, 0.3) is 11.0 Å². The van der Waals surface area contributed by atoms with Crippen LogP contribution < -0.4 is 10.5 Å². The second-order valence-corrected chi connectivity index (χ2v) is 7.53. The quantitative estimate of drug-likeness (QED) is 0.672. The third-order valence-electron chi connectivity index (χ3n) is 3.92. The van der Waals surface area contributed by atoms with Gasteiger partial charge < -0.3 is 5.32 Å². The van der Waals surface area contributed by atoms with Crippen molar-refractivity contribution < 1.29 is 13.2 Å². The molecule has 136 valence electrons. The van der Waals surface area contributed by atoms with E-state index in [2.05, 4.69) is 15.6 Å². The van der Waals surface area contributed by atoms with E-state index in [0.717, 1.165) is 11.1 Å². The van der Waals surface area contributed by atoms with Crippen LogP contribution in [-0.4, -0.2) is 29.3 Å². The van der Waals surface area contributed by atoms with E-state index in [9.17, 15) is 13.2 Å². The van der Waals surface area contributed by atoms with Gasteiger partial charge in [-0.3, -0.25) is 4.79 Å². The average Bonchev–Trinajstić information content (AvgIpc) is 3.01. The maximum atomic E-state index is 12.3. The molecular formula is C17H19N5O3S. The van der Waals surface area contributed by atoms with Crippen LogP contribution in [0.4, 0.5) is 0 Å². The van der Waals surface area contributed by atoms with Crippen molar-refractivity contribution in [1.29, 1.82) is 0 Å². The second-order valence-electron chi connectivity index (χ2n) is 5.92. The first-order chi connectivity index (χ1) is 12.4. The smallest absolute Gasteiger partial charge is 0.251 e. The highest BCUT2D eigenvalue weighted by molar-refractivity contribution is 7.88. The number of hydrogen-bond acceptors (Lipinski definition) is 5. The van der Waals surface area contributed by atoms with Gasteiger partial charge in [0.05, 0.1) is 11.3 Å². The number of sulfonamides is 1. The molecular weight excluding hydrogens is 354 g/mol. The zero-order valence-electron chi connectivity index (χ0n) is 14.2. The summed E-state index contributed by atoms with van der Waals surface area (Å²) < 4.78 is 23.9. The molecule has 0 radical (unpaired) electrons. The lowest BCUT2D eigenvalue weighted by molar-refractivity contribution is 0.0951. The monoisotopic (exact) mass is 373 g/mol. The Bertz CT molecular complexity index is 1040. The van der Waals surface area contributed by atoms with Crippen LogP contribution in [0.1, 0.15) is 28.4 Å². The minimum atomic E-state index is -3.55. The Morgan fingerprint density at radius 3 is 2.50 bits per heavy atom. The van der Waals surface area contributed by atoms with Crippen molar-refractivity contribution in [3.05, 3.63) is 59.2 Å². The van der Waals surface area contributed by atoms with Crippen LogP contribution in [0.2, 0.25) is 0 Å². The molecule has 0 saturated heterocycles. The number of hydrogen-bond donors (Lipinski definition) is 2. The summed E-state index contributed by atoms with van der Waals surface area (Å²) in [5, 5.41) is 15.9. The number of primary sulfonamides is 1. The highest BCUT2D eigenvalue weighted by Crippen LogP contribution is 2.14. The van der Waals surface area contributed by atoms with Crippen molar-refractivity contribution >= 4 is 27.0 Å². The zero-order chi connectivity index (χ0) is 18.7. The van der Waals surface area contributed by atoms with Gasteiger partial charge in [-0.2, -0.15) is 0 Å². The van der Waals surface area contributed by atoms with E-state index in [0.29, 0.717) is 29.7 Å². The number of rotatable bonds is 6. The lowest BCUT2D eigenvalue weighted by atomic mass is 10.1. The van der Waals surface area contributed by atoms with Crippen LogP contribution in [0.3, 0.4) is 0 Å². The molecule has 0 aliphatic rings. The highest BCUT2D eigenvalue weighted by Gasteiger charge is 2.10. The van der Waals surface area contributed by atoms with Gasteiger partial charge in [-0.25, -0.2) is 18.2 Å². The Morgan fingerprint density at radius 2 is 1.85 bits per heavy atom. The number of fused-ring (bicyclic) bond motifs is 1. The number of carbonyl (C=O) groups is 1. The SMILES string of the molecule is CCn1nnc2cc(C(=O)NCc3ccc(CS(N)(=O)=O)cc3)ccc21. The van der Waals surface area contributed by atoms with Crippen molar-refractivity contribution in [2.75, 3.05) is 0 Å². The number of amides is 1. The Hall–Kier alpha value is -2.78. The molecule has 3 rings (SSSR count). The molecule has 0 atom stereocenters. The Balaban J connectivity index is 1.65. The largest absolute Gasteiger partial charge is 0.348 e. The fraction of sp³-hybridized carbons (Fsp3) is 0.235. The molecule has 0 aliphatic carbocycles. The van der Waals surface area contributed by atoms with E-state index in [1.807, 2.05) is 13.0 Å². The number of aryl methyl sites for hydroxylation is 1. The number of nitrogens with zero attached hydrogens (tertiary/aromatic N) is 3. The van der Waals surface area contributed by atoms with Gasteiger partial charge in [-0.05, 0) is 36.2 Å². The molecule has 0 unspecified atom stereocenters. The maximum Gasteiger partial charge on any atom is 0.251 e. The number of nitrogens with one attached hydrogen (secondary N) is 1. The molecule has 3 aromatic rings. The molecule has 0 saturated carbocycles. The fourth-order valence-corrected chi connectivity index (χ4v) is 3.27. The van der Waals surface area contributed by atoms with E-state index in [1.165, 1.54) is 0 Å². The number of benzene rings is 2. The summed E-state index contributed by atoms with van der Waals surface area (Å²) in [5.74, 6) is -0.426. The maximum absolute atomic E-state index is 12.3. The summed E-state index contributed by atoms with van der Waals surface area (Å²) in [5.41, 5.74) is 3.52. The standard InChI is InChI=1S/C17H19N5O3S/c1-2-22-16-8-7-14(9-15(16)20-21-22)17(23)19-10-12-3-5-13(6-4-12)11-26(18,24)25/h3-9H,2,10-11H2,1H3,(H,19,23)(H2,18,24,25). The summed E-state index contributed by atoms with van der Waals surface area (Å²) >= 11 is 0. The Kier molecular flexibility index (Phi) is 5.01. The topological polar surface area (TPSA) is 120 Å². The summed E-state index contributed by atoms with van der Waals surface area (Å²) in [6.07, 6.45) is 0. The van der Waals surface area contributed by atoms with Crippen LogP contribution in [0.15, 0.2) is 42.5 Å². The Labute approximate surface area is 151 Å². The summed E-state index contributed by atoms with van der Waals surface area (Å²) in [4.78, 5) is 12.3. The van der Waals surface area contributed by atoms with Crippen molar-refractivity contribution in [3.8, 4) is 0 Å². The van der Waals surface area contributed by atoms with Crippen molar-refractivity contribution in [2.24, 2.45) is 5.14 Å². The van der Waals surface area contributed by atoms with Gasteiger partial charge >= 0.3 is 0 Å². The first-order valence-corrected chi connectivity index (χ1v) is 9.77. The molecule has 0 spiro atoms. The van der Waals surface area contributed by atoms with Crippen LogP contribution >= 0.6 is 0 Å². The summed E-state index contributed by atoms with van der Waals surface area (Å²) in [6, 6.07) is 12.2. The van der Waals surface area contributed by atoms with Gasteiger partial charge in [0, 0.05) is 18.7 Å². The highest BCUT2D eigenvalue weighted by atomic mass is 32.2. The van der Waals surface area contributed by atoms with Gasteiger partial charge in [0.2, 0.25) is 10.0 Å². The Morgan fingerprint density at radius 1 is 1.15 bits per heavy atom. The molecule has 1 heterocycles. The number of carbonyl (C=O) groups excluding carboxylic acids is 1. The van der Waals surface area contributed by atoms with Crippen molar-refractivity contribution in [1.82, 2.24) is 20.3 Å². The van der Waals surface area contributed by atoms with E-state index in [1.54, 1.807) is 41.1 Å². The lowest BCUT2D eigenvalue weighted by Crippen LogP contribution is -2.22. The van der Waals surface area contributed by atoms with Crippen molar-refractivity contribution in [3.63, 3.8) is 0 Å². The van der Waals surface area contributed by atoms with Gasteiger partial charge in [0.1, 0.15) is 5.52 Å². The third-order valence-corrected chi connectivity index (χ3v) is 4.66. The van der Waals surface area contributed by atoms with Gasteiger partial charge in [-0.1, -0.05) is 29.5 Å². The molecule has 9 heteroatoms. The summed E-state index contributed by atoms with van der Waals surface area (Å²) in [6.45, 7) is 3.01. The van der Waals surface area contributed by atoms with Crippen LogP contribution in [-0.2, 0) is 28.9 Å². The van der Waals surface area contributed by atoms with Gasteiger partial charge in [0.15, 0.2) is 0 Å². The van der Waals surface area contributed by atoms with Crippen molar-refractivity contribution in [2.45, 2.75) is 25.8 Å². The van der Waals surface area contributed by atoms with Crippen LogP contribution in [0, 0.1) is 0 Å². The molecule has 3 N–H and O–H groups in total. The molecule has 0 aliphatic heterocycles. The normalized spacial score (nSPS) is 11.6. The molecule has 0 fully saturated rings. The van der Waals surface area contributed by atoms with Gasteiger partial charge in [0.25, 0.3) is 5.91 Å². The first kappa shape index (κ1) is 18.0. The zero-order valence-corrected chi connectivity index (χ0v) is 15.0. The molecule has 0 bridgehead atoms. The molecule has 1 amide bonds. The molecule has 8 nitrogen and oxygen atoms in total. The van der Waals surface area contributed by atoms with E-state index < -0.39 is 10.0 Å². The lowest BCUT2D eigenvalue weighted by Gasteiger charge is -2.07. The van der Waals surface area contributed by atoms with E-state index in [4.69, 9.17) is 5.14 Å². The first-order valence-electron chi connectivity index (χ1n) is 8.05. The minimum absolute atomic E-state index is 0.210. The minimum Gasteiger partial charge on any atom is -0.348 e.